The van der Waals surface area contributed by atoms with Crippen molar-refractivity contribution < 1.29 is 14.6 Å². The topological polar surface area (TPSA) is 83.5 Å². The van der Waals surface area contributed by atoms with Crippen LogP contribution in [-0.4, -0.2) is 22.4 Å². The van der Waals surface area contributed by atoms with Crippen LogP contribution in [0.5, 0.6) is 0 Å². The third kappa shape index (κ3) is 4.60. The second-order valence-electron chi connectivity index (χ2n) is 1.78. The van der Waals surface area contributed by atoms with Crippen molar-refractivity contribution in [3.05, 3.63) is 0 Å². The summed E-state index contributed by atoms with van der Waals surface area (Å²) in [6, 6.07) is 0. The lowest BCUT2D eigenvalue weighted by molar-refractivity contribution is 0.225. The number of nitrogens with two attached hydrogens (primary N) is 1. The molecule has 9 heavy (non-hydrogen) atoms. The first-order valence-corrected chi connectivity index (χ1v) is 4.22. The van der Waals surface area contributed by atoms with E-state index in [-0.39, 0.29) is 0 Å². The van der Waals surface area contributed by atoms with E-state index < -0.39 is 13.9 Å². The van der Waals surface area contributed by atoms with Crippen molar-refractivity contribution in [2.45, 2.75) is 18.7 Å². The Labute approximate surface area is 54.6 Å². The van der Waals surface area contributed by atoms with Gasteiger partial charge >= 0.3 is 0 Å². The van der Waals surface area contributed by atoms with Gasteiger partial charge in [-0.15, -0.1) is 0 Å². The fourth-order valence-corrected chi connectivity index (χ4v) is 0.886. The molecule has 0 rings (SSSR count). The second kappa shape index (κ2) is 4.94. The quantitative estimate of drug-likeness (QED) is 0.476. The van der Waals surface area contributed by atoms with E-state index in [1.165, 1.54) is 0 Å². The summed E-state index contributed by atoms with van der Waals surface area (Å²) in [6.45, 7) is 0.451. The average Bonchev–Trinajstić information content (AvgIpc) is 1.82. The van der Waals surface area contributed by atoms with Gasteiger partial charge in [0.1, 0.15) is 5.85 Å². The molecule has 0 amide bonds. The molecule has 2 atom stereocenters. The highest BCUT2D eigenvalue weighted by molar-refractivity contribution is 7.38. The maximum atomic E-state index is 10.1. The standard InChI is InChI=1S/C4H12NO3P/c5-3-1-2-4(6)9(7)8/h4,6,9H,1-3,5H2,(H,7,8). The van der Waals surface area contributed by atoms with Crippen LogP contribution in [0.15, 0.2) is 0 Å². The number of hydrogen-bond donors (Lipinski definition) is 3. The minimum absolute atomic E-state index is 0.324. The van der Waals surface area contributed by atoms with E-state index in [0.717, 1.165) is 0 Å². The van der Waals surface area contributed by atoms with Crippen molar-refractivity contribution >= 4 is 8.03 Å². The van der Waals surface area contributed by atoms with Crippen molar-refractivity contribution in [3.8, 4) is 0 Å². The number of aliphatic hydroxyl groups is 1. The Hall–Kier alpha value is 0.110. The zero-order valence-electron chi connectivity index (χ0n) is 5.08. The molecule has 56 valence electrons. The molecule has 0 aliphatic rings. The van der Waals surface area contributed by atoms with Crippen molar-refractivity contribution in [1.82, 2.24) is 0 Å². The summed E-state index contributed by atoms with van der Waals surface area (Å²) in [5.41, 5.74) is 5.09. The molecule has 0 aromatic rings. The van der Waals surface area contributed by atoms with Crippen molar-refractivity contribution in [3.63, 3.8) is 0 Å². The lowest BCUT2D eigenvalue weighted by atomic mass is 10.3. The van der Waals surface area contributed by atoms with E-state index in [2.05, 4.69) is 0 Å². The third-order valence-electron chi connectivity index (χ3n) is 0.967. The molecule has 2 unspecified atom stereocenters. The molecule has 0 saturated carbocycles. The predicted octanol–water partition coefficient (Wildman–Crippen LogP) is -0.489. The summed E-state index contributed by atoms with van der Waals surface area (Å²) in [7, 11) is -2.73. The molecule has 5 heteroatoms. The molecular weight excluding hydrogens is 141 g/mol. The van der Waals surface area contributed by atoms with Crippen LogP contribution in [0.1, 0.15) is 12.8 Å². The van der Waals surface area contributed by atoms with Gasteiger partial charge in [-0.3, -0.25) is 4.57 Å². The first kappa shape index (κ1) is 9.11. The second-order valence-corrected chi connectivity index (χ2v) is 3.13. The van der Waals surface area contributed by atoms with Gasteiger partial charge in [0.05, 0.1) is 0 Å². The monoisotopic (exact) mass is 153 g/mol. The van der Waals surface area contributed by atoms with Gasteiger partial charge in [-0.25, -0.2) is 0 Å². The molecule has 0 radical (unpaired) electrons. The maximum absolute atomic E-state index is 10.1. The smallest absolute Gasteiger partial charge is 0.216 e. The maximum Gasteiger partial charge on any atom is 0.216 e. The van der Waals surface area contributed by atoms with E-state index in [4.69, 9.17) is 15.7 Å². The molecule has 0 aromatic carbocycles. The normalized spacial score (nSPS) is 17.2. The molecule has 0 spiro atoms. The summed E-state index contributed by atoms with van der Waals surface area (Å²) in [4.78, 5) is 8.30. The molecular formula is C4H12NO3P. The average molecular weight is 153 g/mol. The predicted molar refractivity (Wildman–Crippen MR) is 35.5 cm³/mol. The van der Waals surface area contributed by atoms with Crippen LogP contribution in [0, 0.1) is 0 Å². The zero-order chi connectivity index (χ0) is 7.28. The summed E-state index contributed by atoms with van der Waals surface area (Å²) < 4.78 is 10.1. The molecule has 0 aliphatic carbocycles. The van der Waals surface area contributed by atoms with Gasteiger partial charge in [0, 0.05) is 0 Å². The fraction of sp³-hybridized carbons (Fsp3) is 1.00. The van der Waals surface area contributed by atoms with Crippen molar-refractivity contribution in [1.29, 1.82) is 0 Å². The van der Waals surface area contributed by atoms with E-state index >= 15 is 0 Å². The van der Waals surface area contributed by atoms with Crippen LogP contribution >= 0.6 is 8.03 Å². The van der Waals surface area contributed by atoms with Gasteiger partial charge < -0.3 is 15.7 Å². The van der Waals surface area contributed by atoms with Crippen LogP contribution in [0.2, 0.25) is 0 Å². The van der Waals surface area contributed by atoms with Gasteiger partial charge in [0.25, 0.3) is 0 Å². The van der Waals surface area contributed by atoms with Gasteiger partial charge in [-0.05, 0) is 19.4 Å². The summed E-state index contributed by atoms with van der Waals surface area (Å²) in [5, 5.41) is 8.68. The number of aliphatic hydroxyl groups excluding tert-OH is 1. The molecule has 0 aliphatic heterocycles. The van der Waals surface area contributed by atoms with Crippen molar-refractivity contribution in [2.75, 3.05) is 6.54 Å². The first-order chi connectivity index (χ1) is 4.18. The summed E-state index contributed by atoms with van der Waals surface area (Å²) in [6.07, 6.45) is 0.920. The van der Waals surface area contributed by atoms with Crippen LogP contribution in [-0.2, 0) is 4.57 Å². The van der Waals surface area contributed by atoms with E-state index in [1.807, 2.05) is 0 Å². The van der Waals surface area contributed by atoms with Gasteiger partial charge in [0.15, 0.2) is 0 Å². The highest BCUT2D eigenvalue weighted by atomic mass is 31.1. The summed E-state index contributed by atoms with van der Waals surface area (Å²) in [5.74, 6) is -1.06. The fourth-order valence-electron chi connectivity index (χ4n) is 0.435. The Kier molecular flexibility index (Phi) is 5.00. The zero-order valence-corrected chi connectivity index (χ0v) is 6.08. The Morgan fingerprint density at radius 2 is 2.22 bits per heavy atom. The Morgan fingerprint density at radius 1 is 1.67 bits per heavy atom. The number of rotatable bonds is 4. The largest absolute Gasteiger partial charge is 0.383 e. The lowest BCUT2D eigenvalue weighted by Crippen LogP contribution is -2.05. The van der Waals surface area contributed by atoms with Crippen LogP contribution in [0.4, 0.5) is 0 Å². The summed E-state index contributed by atoms with van der Waals surface area (Å²) >= 11 is 0. The van der Waals surface area contributed by atoms with Gasteiger partial charge in [-0.2, -0.15) is 0 Å². The molecule has 0 heterocycles. The molecule has 4 N–H and O–H groups in total. The molecule has 0 fully saturated rings. The van der Waals surface area contributed by atoms with Gasteiger partial charge in [-0.1, -0.05) is 0 Å². The Balaban J connectivity index is 3.27. The molecule has 0 saturated heterocycles. The minimum Gasteiger partial charge on any atom is -0.383 e. The van der Waals surface area contributed by atoms with E-state index in [0.29, 0.717) is 19.4 Å². The van der Waals surface area contributed by atoms with E-state index in [9.17, 15) is 4.57 Å². The minimum atomic E-state index is -2.73. The van der Waals surface area contributed by atoms with Gasteiger partial charge in [0.2, 0.25) is 8.03 Å². The van der Waals surface area contributed by atoms with Crippen LogP contribution in [0.25, 0.3) is 0 Å². The highest BCUT2D eigenvalue weighted by Gasteiger charge is 2.07. The van der Waals surface area contributed by atoms with Crippen molar-refractivity contribution in [2.24, 2.45) is 5.73 Å². The molecule has 0 aromatic heterocycles. The lowest BCUT2D eigenvalue weighted by Gasteiger charge is -2.03. The highest BCUT2D eigenvalue weighted by Crippen LogP contribution is 2.22. The Morgan fingerprint density at radius 3 is 2.56 bits per heavy atom. The molecule has 0 bridgehead atoms. The first-order valence-electron chi connectivity index (χ1n) is 2.79. The third-order valence-corrected chi connectivity index (χ3v) is 1.83. The SMILES string of the molecule is NCCCC(O)[PH](=O)O. The van der Waals surface area contributed by atoms with E-state index in [1.54, 1.807) is 0 Å². The molecule has 4 nitrogen and oxygen atoms in total. The number of hydrogen-bond acceptors (Lipinski definition) is 3. The van der Waals surface area contributed by atoms with Crippen LogP contribution < -0.4 is 5.73 Å². The Bertz CT molecular complexity index is 97.8. The van der Waals surface area contributed by atoms with Crippen LogP contribution in [0.3, 0.4) is 0 Å².